The second kappa shape index (κ2) is 9.07. The van der Waals surface area contributed by atoms with Crippen LogP contribution in [0.4, 0.5) is 0 Å². The SMILES string of the molecule is Cl.O=C(N[C@H]1CN(CCN2CCCC2=O)C[C@@H]1c1ccccc1)C1CCC1. The summed E-state index contributed by atoms with van der Waals surface area (Å²) < 4.78 is 0. The third kappa shape index (κ3) is 4.64. The molecule has 0 aromatic heterocycles. The summed E-state index contributed by atoms with van der Waals surface area (Å²) >= 11 is 0. The molecule has 3 aliphatic rings. The minimum Gasteiger partial charge on any atom is -0.351 e. The number of amides is 2. The fourth-order valence-corrected chi connectivity index (χ4v) is 4.43. The average Bonchev–Trinajstić information content (AvgIpc) is 3.18. The number of hydrogen-bond donors (Lipinski definition) is 1. The van der Waals surface area contributed by atoms with Gasteiger partial charge in [0.1, 0.15) is 0 Å². The summed E-state index contributed by atoms with van der Waals surface area (Å²) in [6, 6.07) is 10.7. The van der Waals surface area contributed by atoms with Crippen LogP contribution in [-0.4, -0.2) is 60.4 Å². The lowest BCUT2D eigenvalue weighted by Gasteiger charge is -2.28. The van der Waals surface area contributed by atoms with Crippen LogP contribution in [0.2, 0.25) is 0 Å². The molecule has 2 aliphatic heterocycles. The summed E-state index contributed by atoms with van der Waals surface area (Å²) in [6.45, 7) is 4.42. The molecule has 1 aromatic carbocycles. The summed E-state index contributed by atoms with van der Waals surface area (Å²) in [5.41, 5.74) is 1.30. The van der Waals surface area contributed by atoms with Crippen LogP contribution in [0.1, 0.15) is 43.6 Å². The van der Waals surface area contributed by atoms with Crippen LogP contribution in [0.15, 0.2) is 30.3 Å². The molecular formula is C21H30ClN3O2. The maximum atomic E-state index is 12.5. The number of hydrogen-bond acceptors (Lipinski definition) is 3. The van der Waals surface area contributed by atoms with Crippen molar-refractivity contribution in [2.24, 2.45) is 5.92 Å². The van der Waals surface area contributed by atoms with Crippen LogP contribution in [0.5, 0.6) is 0 Å². The Labute approximate surface area is 167 Å². The van der Waals surface area contributed by atoms with Crippen LogP contribution in [0, 0.1) is 5.92 Å². The van der Waals surface area contributed by atoms with Crippen LogP contribution >= 0.6 is 12.4 Å². The highest BCUT2D eigenvalue weighted by Gasteiger charge is 2.37. The molecule has 1 saturated carbocycles. The normalized spacial score (nSPS) is 25.9. The van der Waals surface area contributed by atoms with Gasteiger partial charge < -0.3 is 10.2 Å². The third-order valence-corrected chi connectivity index (χ3v) is 6.28. The standard InChI is InChI=1S/C21H29N3O2.ClH/c25-20-10-5-11-24(20)13-12-23-14-18(16-6-2-1-3-7-16)19(15-23)22-21(26)17-8-4-9-17;/h1-3,6-7,17-19H,4-5,8-15H2,(H,22,26);1H/t18-,19+;/m1./s1. The van der Waals surface area contributed by atoms with Crippen LogP contribution in [0.3, 0.4) is 0 Å². The molecule has 27 heavy (non-hydrogen) atoms. The predicted molar refractivity (Wildman–Crippen MR) is 108 cm³/mol. The van der Waals surface area contributed by atoms with E-state index in [2.05, 4.69) is 34.5 Å². The van der Waals surface area contributed by atoms with Gasteiger partial charge in [-0.15, -0.1) is 12.4 Å². The number of carbonyl (C=O) groups is 2. The molecule has 0 radical (unpaired) electrons. The summed E-state index contributed by atoms with van der Waals surface area (Å²) in [6.07, 6.45) is 4.95. The molecule has 6 heteroatoms. The molecule has 0 unspecified atom stereocenters. The van der Waals surface area contributed by atoms with E-state index < -0.39 is 0 Å². The highest BCUT2D eigenvalue weighted by Crippen LogP contribution is 2.30. The van der Waals surface area contributed by atoms with Crippen molar-refractivity contribution in [2.75, 3.05) is 32.7 Å². The molecule has 2 heterocycles. The van der Waals surface area contributed by atoms with E-state index in [9.17, 15) is 9.59 Å². The third-order valence-electron chi connectivity index (χ3n) is 6.28. The molecule has 1 aliphatic carbocycles. The maximum Gasteiger partial charge on any atom is 0.223 e. The molecule has 1 aromatic rings. The fourth-order valence-electron chi connectivity index (χ4n) is 4.43. The van der Waals surface area contributed by atoms with Gasteiger partial charge in [0.05, 0.1) is 0 Å². The lowest BCUT2D eigenvalue weighted by molar-refractivity contribution is -0.128. The van der Waals surface area contributed by atoms with Crippen molar-refractivity contribution >= 4 is 24.2 Å². The number of halogens is 1. The maximum absolute atomic E-state index is 12.5. The van der Waals surface area contributed by atoms with Crippen molar-refractivity contribution in [2.45, 2.75) is 44.1 Å². The molecule has 0 bridgehead atoms. The average molecular weight is 392 g/mol. The minimum atomic E-state index is 0. The Morgan fingerprint density at radius 2 is 1.85 bits per heavy atom. The Morgan fingerprint density at radius 1 is 1.07 bits per heavy atom. The van der Waals surface area contributed by atoms with Gasteiger partial charge in [0, 0.05) is 57.0 Å². The van der Waals surface area contributed by atoms with Gasteiger partial charge >= 0.3 is 0 Å². The second-order valence-corrected chi connectivity index (χ2v) is 8.00. The summed E-state index contributed by atoms with van der Waals surface area (Å²) in [4.78, 5) is 28.7. The van der Waals surface area contributed by atoms with Gasteiger partial charge in [0.25, 0.3) is 0 Å². The number of rotatable bonds is 6. The number of carbonyl (C=O) groups excluding carboxylic acids is 2. The van der Waals surface area contributed by atoms with Gasteiger partial charge in [0.2, 0.25) is 11.8 Å². The lowest BCUT2D eigenvalue weighted by Crippen LogP contribution is -2.44. The molecular weight excluding hydrogens is 362 g/mol. The smallest absolute Gasteiger partial charge is 0.223 e. The number of nitrogens with one attached hydrogen (secondary N) is 1. The first-order chi connectivity index (χ1) is 12.7. The molecule has 2 atom stereocenters. The Bertz CT molecular complexity index is 650. The van der Waals surface area contributed by atoms with Crippen molar-refractivity contribution in [1.82, 2.24) is 15.1 Å². The number of nitrogens with zero attached hydrogens (tertiary/aromatic N) is 2. The second-order valence-electron chi connectivity index (χ2n) is 8.00. The Balaban J connectivity index is 0.00000210. The molecule has 3 fully saturated rings. The van der Waals surface area contributed by atoms with Gasteiger partial charge in [-0.3, -0.25) is 14.5 Å². The fraction of sp³-hybridized carbons (Fsp3) is 0.619. The highest BCUT2D eigenvalue weighted by atomic mass is 35.5. The zero-order valence-electron chi connectivity index (χ0n) is 15.8. The molecule has 4 rings (SSSR count). The topological polar surface area (TPSA) is 52.7 Å². The van der Waals surface area contributed by atoms with E-state index in [0.29, 0.717) is 18.2 Å². The van der Waals surface area contributed by atoms with Crippen molar-refractivity contribution < 1.29 is 9.59 Å². The quantitative estimate of drug-likeness (QED) is 0.810. The van der Waals surface area contributed by atoms with Crippen molar-refractivity contribution in [3.8, 4) is 0 Å². The monoisotopic (exact) mass is 391 g/mol. The predicted octanol–water partition coefficient (Wildman–Crippen LogP) is 2.41. The van der Waals surface area contributed by atoms with E-state index in [1.807, 2.05) is 11.0 Å². The van der Waals surface area contributed by atoms with Crippen LogP contribution < -0.4 is 5.32 Å². The van der Waals surface area contributed by atoms with Crippen LogP contribution in [-0.2, 0) is 9.59 Å². The van der Waals surface area contributed by atoms with Gasteiger partial charge in [-0.25, -0.2) is 0 Å². The molecule has 0 spiro atoms. The van der Waals surface area contributed by atoms with Gasteiger partial charge in [-0.1, -0.05) is 36.8 Å². The number of likely N-dealkylation sites (tertiary alicyclic amines) is 2. The van der Waals surface area contributed by atoms with Crippen molar-refractivity contribution in [3.63, 3.8) is 0 Å². The molecule has 5 nitrogen and oxygen atoms in total. The molecule has 2 saturated heterocycles. The summed E-state index contributed by atoms with van der Waals surface area (Å²) in [5.74, 6) is 1.08. The van der Waals surface area contributed by atoms with E-state index in [1.165, 1.54) is 12.0 Å². The highest BCUT2D eigenvalue weighted by molar-refractivity contribution is 5.85. The van der Waals surface area contributed by atoms with Gasteiger partial charge in [-0.2, -0.15) is 0 Å². The van der Waals surface area contributed by atoms with E-state index in [0.717, 1.165) is 52.0 Å². The van der Waals surface area contributed by atoms with Gasteiger partial charge in [-0.05, 0) is 24.8 Å². The van der Waals surface area contributed by atoms with E-state index in [4.69, 9.17) is 0 Å². The minimum absolute atomic E-state index is 0. The Hall–Kier alpha value is -1.59. The Kier molecular flexibility index (Phi) is 6.77. The lowest BCUT2D eigenvalue weighted by atomic mass is 9.84. The van der Waals surface area contributed by atoms with E-state index in [1.54, 1.807) is 0 Å². The first-order valence-electron chi connectivity index (χ1n) is 10.1. The molecule has 148 valence electrons. The molecule has 2 amide bonds. The van der Waals surface area contributed by atoms with Crippen molar-refractivity contribution in [1.29, 1.82) is 0 Å². The first-order valence-corrected chi connectivity index (χ1v) is 10.1. The Morgan fingerprint density at radius 3 is 2.48 bits per heavy atom. The first kappa shape index (κ1) is 20.2. The van der Waals surface area contributed by atoms with E-state index >= 15 is 0 Å². The largest absolute Gasteiger partial charge is 0.351 e. The zero-order valence-corrected chi connectivity index (χ0v) is 16.6. The van der Waals surface area contributed by atoms with Crippen LogP contribution in [0.25, 0.3) is 0 Å². The van der Waals surface area contributed by atoms with Gasteiger partial charge in [0.15, 0.2) is 0 Å². The van der Waals surface area contributed by atoms with E-state index in [-0.39, 0.29) is 30.3 Å². The zero-order chi connectivity index (χ0) is 17.9. The summed E-state index contributed by atoms with van der Waals surface area (Å²) in [7, 11) is 0. The number of benzene rings is 1. The molecule has 1 N–H and O–H groups in total. The van der Waals surface area contributed by atoms with Crippen molar-refractivity contribution in [3.05, 3.63) is 35.9 Å². The summed E-state index contributed by atoms with van der Waals surface area (Å²) in [5, 5.41) is 3.33.